The van der Waals surface area contributed by atoms with Crippen molar-refractivity contribution in [2.75, 3.05) is 0 Å². The van der Waals surface area contributed by atoms with Gasteiger partial charge in [-0.15, -0.1) is 0 Å². The molecule has 2 aromatic carbocycles. The molecule has 2 N–H and O–H groups in total. The van der Waals surface area contributed by atoms with E-state index in [1.165, 1.54) is 5.56 Å². The van der Waals surface area contributed by atoms with Gasteiger partial charge in [0.2, 0.25) is 0 Å². The molecule has 22 heavy (non-hydrogen) atoms. The SMILES string of the molecule is Cc1cccc(Oc2cnn(Cc3ccccc3)c2)c1CN. The first-order valence-electron chi connectivity index (χ1n) is 7.29. The van der Waals surface area contributed by atoms with Gasteiger partial charge in [0.25, 0.3) is 0 Å². The minimum Gasteiger partial charge on any atom is -0.454 e. The summed E-state index contributed by atoms with van der Waals surface area (Å²) >= 11 is 0. The topological polar surface area (TPSA) is 53.1 Å². The average Bonchev–Trinajstić information content (AvgIpc) is 2.96. The highest BCUT2D eigenvalue weighted by Crippen LogP contribution is 2.27. The van der Waals surface area contributed by atoms with Crippen molar-refractivity contribution >= 4 is 0 Å². The highest BCUT2D eigenvalue weighted by molar-refractivity contribution is 5.41. The van der Waals surface area contributed by atoms with Crippen LogP contribution in [-0.4, -0.2) is 9.78 Å². The molecule has 0 radical (unpaired) electrons. The van der Waals surface area contributed by atoms with E-state index in [9.17, 15) is 0 Å². The summed E-state index contributed by atoms with van der Waals surface area (Å²) in [6, 6.07) is 16.2. The highest BCUT2D eigenvalue weighted by Gasteiger charge is 2.08. The van der Waals surface area contributed by atoms with E-state index in [0.29, 0.717) is 6.54 Å². The van der Waals surface area contributed by atoms with Crippen molar-refractivity contribution in [3.63, 3.8) is 0 Å². The largest absolute Gasteiger partial charge is 0.454 e. The molecule has 0 fully saturated rings. The van der Waals surface area contributed by atoms with Crippen LogP contribution >= 0.6 is 0 Å². The van der Waals surface area contributed by atoms with Gasteiger partial charge in [0.15, 0.2) is 5.75 Å². The standard InChI is InChI=1S/C18H19N3O/c1-14-6-5-9-18(17(14)10-19)22-16-11-20-21(13-16)12-15-7-3-2-4-8-15/h2-9,11,13H,10,12,19H2,1H3. The Bertz CT molecular complexity index is 750. The third-order valence-corrected chi connectivity index (χ3v) is 3.60. The summed E-state index contributed by atoms with van der Waals surface area (Å²) in [5, 5.41) is 4.35. The Balaban J connectivity index is 1.76. The number of hydrogen-bond acceptors (Lipinski definition) is 3. The van der Waals surface area contributed by atoms with E-state index >= 15 is 0 Å². The molecule has 112 valence electrons. The van der Waals surface area contributed by atoms with Crippen LogP contribution in [0.5, 0.6) is 11.5 Å². The smallest absolute Gasteiger partial charge is 0.165 e. The number of benzene rings is 2. The van der Waals surface area contributed by atoms with Gasteiger partial charge in [0, 0.05) is 12.1 Å². The Morgan fingerprint density at radius 1 is 1.09 bits per heavy atom. The van der Waals surface area contributed by atoms with Crippen molar-refractivity contribution in [1.82, 2.24) is 9.78 Å². The first-order chi connectivity index (χ1) is 10.8. The van der Waals surface area contributed by atoms with Gasteiger partial charge in [-0.05, 0) is 24.1 Å². The van der Waals surface area contributed by atoms with Gasteiger partial charge in [-0.1, -0.05) is 42.5 Å². The maximum Gasteiger partial charge on any atom is 0.165 e. The molecule has 0 aliphatic carbocycles. The van der Waals surface area contributed by atoms with Crippen molar-refractivity contribution in [1.29, 1.82) is 0 Å². The second-order valence-electron chi connectivity index (χ2n) is 5.22. The zero-order valence-corrected chi connectivity index (χ0v) is 12.6. The fourth-order valence-corrected chi connectivity index (χ4v) is 2.41. The predicted molar refractivity (Wildman–Crippen MR) is 86.9 cm³/mol. The van der Waals surface area contributed by atoms with Crippen molar-refractivity contribution in [2.24, 2.45) is 5.73 Å². The Morgan fingerprint density at radius 3 is 2.68 bits per heavy atom. The zero-order valence-electron chi connectivity index (χ0n) is 12.6. The zero-order chi connectivity index (χ0) is 15.4. The van der Waals surface area contributed by atoms with Crippen LogP contribution in [0.25, 0.3) is 0 Å². The Morgan fingerprint density at radius 2 is 1.91 bits per heavy atom. The Hall–Kier alpha value is -2.59. The third-order valence-electron chi connectivity index (χ3n) is 3.60. The lowest BCUT2D eigenvalue weighted by molar-refractivity contribution is 0.474. The summed E-state index contributed by atoms with van der Waals surface area (Å²) in [5.41, 5.74) is 9.18. The van der Waals surface area contributed by atoms with Crippen LogP contribution in [0, 0.1) is 6.92 Å². The summed E-state index contributed by atoms with van der Waals surface area (Å²) in [5.74, 6) is 1.51. The lowest BCUT2D eigenvalue weighted by atomic mass is 10.1. The highest BCUT2D eigenvalue weighted by atomic mass is 16.5. The molecule has 0 unspecified atom stereocenters. The van der Waals surface area contributed by atoms with Crippen LogP contribution in [0.3, 0.4) is 0 Å². The molecule has 0 atom stereocenters. The number of nitrogens with two attached hydrogens (primary N) is 1. The fraction of sp³-hybridized carbons (Fsp3) is 0.167. The van der Waals surface area contributed by atoms with Crippen molar-refractivity contribution in [2.45, 2.75) is 20.0 Å². The van der Waals surface area contributed by atoms with Crippen LogP contribution in [0.1, 0.15) is 16.7 Å². The third kappa shape index (κ3) is 3.18. The first-order valence-corrected chi connectivity index (χ1v) is 7.29. The minimum absolute atomic E-state index is 0.458. The number of aryl methyl sites for hydroxylation is 1. The lowest BCUT2D eigenvalue weighted by Crippen LogP contribution is -2.02. The van der Waals surface area contributed by atoms with Crippen LogP contribution < -0.4 is 10.5 Å². The van der Waals surface area contributed by atoms with E-state index in [2.05, 4.69) is 17.2 Å². The van der Waals surface area contributed by atoms with Crippen LogP contribution in [0.15, 0.2) is 60.9 Å². The summed E-state index contributed by atoms with van der Waals surface area (Å²) < 4.78 is 7.80. The quantitative estimate of drug-likeness (QED) is 0.783. The van der Waals surface area contributed by atoms with Crippen LogP contribution in [-0.2, 0) is 13.1 Å². The minimum atomic E-state index is 0.458. The Labute approximate surface area is 130 Å². The molecule has 0 aliphatic heterocycles. The number of hydrogen-bond donors (Lipinski definition) is 1. The molecule has 1 aromatic heterocycles. The number of nitrogens with zero attached hydrogens (tertiary/aromatic N) is 2. The van der Waals surface area contributed by atoms with Crippen molar-refractivity contribution in [3.8, 4) is 11.5 Å². The molecule has 4 nitrogen and oxygen atoms in total. The molecule has 3 aromatic rings. The summed E-state index contributed by atoms with van der Waals surface area (Å²) in [6.07, 6.45) is 3.63. The van der Waals surface area contributed by atoms with Crippen molar-refractivity contribution in [3.05, 3.63) is 77.6 Å². The van der Waals surface area contributed by atoms with E-state index in [0.717, 1.165) is 29.2 Å². The summed E-state index contributed by atoms with van der Waals surface area (Å²) in [4.78, 5) is 0. The molecule has 0 saturated heterocycles. The summed E-state index contributed by atoms with van der Waals surface area (Å²) in [6.45, 7) is 3.22. The van der Waals surface area contributed by atoms with Crippen molar-refractivity contribution < 1.29 is 4.74 Å². The van der Waals surface area contributed by atoms with Gasteiger partial charge in [-0.25, -0.2) is 0 Å². The van der Waals surface area contributed by atoms with Gasteiger partial charge < -0.3 is 10.5 Å². The molecule has 3 rings (SSSR count). The molecular weight excluding hydrogens is 274 g/mol. The number of aromatic nitrogens is 2. The molecule has 0 amide bonds. The van der Waals surface area contributed by atoms with Gasteiger partial charge in [-0.2, -0.15) is 5.10 Å². The average molecular weight is 293 g/mol. The monoisotopic (exact) mass is 293 g/mol. The lowest BCUT2D eigenvalue weighted by Gasteiger charge is -2.10. The normalized spacial score (nSPS) is 10.6. The second kappa shape index (κ2) is 6.45. The molecule has 0 bridgehead atoms. The predicted octanol–water partition coefficient (Wildman–Crippen LogP) is 3.49. The van der Waals surface area contributed by atoms with E-state index in [1.807, 2.05) is 54.2 Å². The molecular formula is C18H19N3O. The first kappa shape index (κ1) is 14.4. The van der Waals surface area contributed by atoms with E-state index < -0.39 is 0 Å². The molecule has 0 aliphatic rings. The fourth-order valence-electron chi connectivity index (χ4n) is 2.41. The van der Waals surface area contributed by atoms with Gasteiger partial charge >= 0.3 is 0 Å². The van der Waals surface area contributed by atoms with Crippen LogP contribution in [0.2, 0.25) is 0 Å². The number of rotatable bonds is 5. The number of ether oxygens (including phenoxy) is 1. The maximum absolute atomic E-state index is 5.94. The second-order valence-corrected chi connectivity index (χ2v) is 5.22. The molecule has 0 saturated carbocycles. The van der Waals surface area contributed by atoms with E-state index in [1.54, 1.807) is 6.20 Å². The molecule has 4 heteroatoms. The van der Waals surface area contributed by atoms with Gasteiger partial charge in [0.05, 0.1) is 18.9 Å². The van der Waals surface area contributed by atoms with Crippen LogP contribution in [0.4, 0.5) is 0 Å². The molecule has 0 spiro atoms. The molecule has 1 heterocycles. The summed E-state index contributed by atoms with van der Waals surface area (Å²) in [7, 11) is 0. The van der Waals surface area contributed by atoms with Gasteiger partial charge in [0.1, 0.15) is 5.75 Å². The van der Waals surface area contributed by atoms with Gasteiger partial charge in [-0.3, -0.25) is 4.68 Å². The van der Waals surface area contributed by atoms with E-state index in [4.69, 9.17) is 10.5 Å². The van der Waals surface area contributed by atoms with E-state index in [-0.39, 0.29) is 0 Å². The maximum atomic E-state index is 5.94. The Kier molecular flexibility index (Phi) is 4.21.